The Hall–Kier alpha value is -0.120. The summed E-state index contributed by atoms with van der Waals surface area (Å²) in [6.07, 6.45) is 2.31. The van der Waals surface area contributed by atoms with Gasteiger partial charge in [0.05, 0.1) is 6.61 Å². The SMILES string of the molecule is CCCOCCN1CC(C)NCC1(C)CC. The molecule has 0 amide bonds. The molecule has 0 spiro atoms. The summed E-state index contributed by atoms with van der Waals surface area (Å²) >= 11 is 0. The van der Waals surface area contributed by atoms with Crippen molar-refractivity contribution >= 4 is 0 Å². The van der Waals surface area contributed by atoms with Crippen molar-refractivity contribution in [3.63, 3.8) is 0 Å². The van der Waals surface area contributed by atoms with Gasteiger partial charge in [-0.2, -0.15) is 0 Å². The fourth-order valence-corrected chi connectivity index (χ4v) is 2.25. The Bertz CT molecular complexity index is 198. The van der Waals surface area contributed by atoms with E-state index in [0.29, 0.717) is 11.6 Å². The lowest BCUT2D eigenvalue weighted by Crippen LogP contribution is -2.62. The molecule has 0 radical (unpaired) electrons. The molecule has 1 heterocycles. The van der Waals surface area contributed by atoms with Crippen molar-refractivity contribution in [1.82, 2.24) is 10.2 Å². The highest BCUT2D eigenvalue weighted by molar-refractivity contribution is 4.93. The summed E-state index contributed by atoms with van der Waals surface area (Å²) in [5.74, 6) is 0. The largest absolute Gasteiger partial charge is 0.380 e. The molecule has 1 saturated heterocycles. The number of hydrogen-bond donors (Lipinski definition) is 1. The van der Waals surface area contributed by atoms with Gasteiger partial charge in [0.1, 0.15) is 0 Å². The van der Waals surface area contributed by atoms with Crippen LogP contribution < -0.4 is 5.32 Å². The Morgan fingerprint density at radius 2 is 2.12 bits per heavy atom. The molecule has 1 fully saturated rings. The molecule has 0 saturated carbocycles. The standard InChI is InChI=1S/C13H28N2O/c1-5-8-16-9-7-15-10-12(3)14-11-13(15,4)6-2/h12,14H,5-11H2,1-4H3. The minimum atomic E-state index is 0.308. The van der Waals surface area contributed by atoms with E-state index in [4.69, 9.17) is 4.74 Å². The third kappa shape index (κ3) is 3.72. The smallest absolute Gasteiger partial charge is 0.0593 e. The maximum Gasteiger partial charge on any atom is 0.0593 e. The summed E-state index contributed by atoms with van der Waals surface area (Å²) in [5.41, 5.74) is 0.308. The van der Waals surface area contributed by atoms with Gasteiger partial charge < -0.3 is 10.1 Å². The summed E-state index contributed by atoms with van der Waals surface area (Å²) in [5, 5.41) is 3.57. The zero-order chi connectivity index (χ0) is 12.0. The molecule has 2 atom stereocenters. The third-order valence-corrected chi connectivity index (χ3v) is 3.70. The average Bonchev–Trinajstić information content (AvgIpc) is 2.29. The number of rotatable bonds is 6. The van der Waals surface area contributed by atoms with E-state index in [0.717, 1.165) is 39.3 Å². The summed E-state index contributed by atoms with van der Waals surface area (Å²) in [4.78, 5) is 2.59. The first-order chi connectivity index (χ1) is 7.62. The van der Waals surface area contributed by atoms with Crippen molar-refractivity contribution in [2.75, 3.05) is 32.8 Å². The summed E-state index contributed by atoms with van der Waals surface area (Å²) < 4.78 is 5.60. The van der Waals surface area contributed by atoms with Crippen LogP contribution in [0.5, 0.6) is 0 Å². The second-order valence-electron chi connectivity index (χ2n) is 5.19. The number of piperazine rings is 1. The second kappa shape index (κ2) is 6.58. The molecule has 1 N–H and O–H groups in total. The van der Waals surface area contributed by atoms with Crippen molar-refractivity contribution in [2.24, 2.45) is 0 Å². The van der Waals surface area contributed by atoms with Crippen LogP contribution >= 0.6 is 0 Å². The molecular weight excluding hydrogens is 200 g/mol. The van der Waals surface area contributed by atoms with Gasteiger partial charge in [-0.3, -0.25) is 4.90 Å². The highest BCUT2D eigenvalue weighted by Gasteiger charge is 2.34. The number of nitrogens with zero attached hydrogens (tertiary/aromatic N) is 1. The van der Waals surface area contributed by atoms with Crippen LogP contribution in [0.15, 0.2) is 0 Å². The van der Waals surface area contributed by atoms with Gasteiger partial charge in [0.2, 0.25) is 0 Å². The van der Waals surface area contributed by atoms with Gasteiger partial charge in [-0.05, 0) is 26.7 Å². The molecule has 1 rings (SSSR count). The number of ether oxygens (including phenoxy) is 1. The molecule has 0 aliphatic carbocycles. The molecule has 2 unspecified atom stereocenters. The van der Waals surface area contributed by atoms with Gasteiger partial charge >= 0.3 is 0 Å². The maximum atomic E-state index is 5.60. The minimum absolute atomic E-state index is 0.308. The first-order valence-corrected chi connectivity index (χ1v) is 6.68. The van der Waals surface area contributed by atoms with E-state index in [1.54, 1.807) is 0 Å². The van der Waals surface area contributed by atoms with Gasteiger partial charge in [-0.1, -0.05) is 13.8 Å². The van der Waals surface area contributed by atoms with Crippen LogP contribution in [-0.4, -0.2) is 49.3 Å². The third-order valence-electron chi connectivity index (χ3n) is 3.70. The Kier molecular flexibility index (Phi) is 5.73. The van der Waals surface area contributed by atoms with E-state index >= 15 is 0 Å². The van der Waals surface area contributed by atoms with Crippen LogP contribution in [0.1, 0.15) is 40.5 Å². The van der Waals surface area contributed by atoms with Gasteiger partial charge in [-0.15, -0.1) is 0 Å². The lowest BCUT2D eigenvalue weighted by Gasteiger charge is -2.47. The monoisotopic (exact) mass is 228 g/mol. The molecule has 3 nitrogen and oxygen atoms in total. The number of hydrogen-bond acceptors (Lipinski definition) is 3. The Labute approximate surface area is 101 Å². The van der Waals surface area contributed by atoms with Crippen molar-refractivity contribution in [2.45, 2.75) is 52.1 Å². The summed E-state index contributed by atoms with van der Waals surface area (Å²) in [7, 11) is 0. The molecule has 96 valence electrons. The predicted octanol–water partition coefficient (Wildman–Crippen LogP) is 1.88. The molecule has 1 aliphatic rings. The van der Waals surface area contributed by atoms with E-state index < -0.39 is 0 Å². The van der Waals surface area contributed by atoms with Crippen LogP contribution in [-0.2, 0) is 4.74 Å². The van der Waals surface area contributed by atoms with Gasteiger partial charge in [0.15, 0.2) is 0 Å². The number of nitrogens with one attached hydrogen (secondary N) is 1. The fraction of sp³-hybridized carbons (Fsp3) is 1.00. The quantitative estimate of drug-likeness (QED) is 0.703. The van der Waals surface area contributed by atoms with Crippen molar-refractivity contribution in [1.29, 1.82) is 0 Å². The molecule has 1 aliphatic heterocycles. The fourth-order valence-electron chi connectivity index (χ4n) is 2.25. The van der Waals surface area contributed by atoms with E-state index in [1.807, 2.05) is 0 Å². The lowest BCUT2D eigenvalue weighted by molar-refractivity contribution is 0.0197. The first kappa shape index (κ1) is 13.9. The zero-order valence-electron chi connectivity index (χ0n) is 11.4. The lowest BCUT2D eigenvalue weighted by atomic mass is 9.92. The average molecular weight is 228 g/mol. The molecule has 0 aromatic carbocycles. The van der Waals surface area contributed by atoms with Crippen LogP contribution in [0.4, 0.5) is 0 Å². The van der Waals surface area contributed by atoms with Crippen LogP contribution in [0.2, 0.25) is 0 Å². The Morgan fingerprint density at radius 1 is 1.38 bits per heavy atom. The summed E-state index contributed by atoms with van der Waals surface area (Å²) in [6, 6.07) is 0.603. The predicted molar refractivity (Wildman–Crippen MR) is 68.8 cm³/mol. The van der Waals surface area contributed by atoms with Crippen LogP contribution in [0.25, 0.3) is 0 Å². The van der Waals surface area contributed by atoms with Gasteiger partial charge in [0.25, 0.3) is 0 Å². The summed E-state index contributed by atoms with van der Waals surface area (Å²) in [6.45, 7) is 14.1. The van der Waals surface area contributed by atoms with E-state index in [1.165, 1.54) is 6.42 Å². The first-order valence-electron chi connectivity index (χ1n) is 6.68. The topological polar surface area (TPSA) is 24.5 Å². The highest BCUT2D eigenvalue weighted by atomic mass is 16.5. The molecule has 0 aromatic rings. The molecule has 0 bridgehead atoms. The van der Waals surface area contributed by atoms with E-state index in [9.17, 15) is 0 Å². The van der Waals surface area contributed by atoms with E-state index in [2.05, 4.69) is 37.9 Å². The maximum absolute atomic E-state index is 5.60. The normalized spacial score (nSPS) is 31.9. The Balaban J connectivity index is 2.39. The van der Waals surface area contributed by atoms with Crippen LogP contribution in [0, 0.1) is 0 Å². The minimum Gasteiger partial charge on any atom is -0.380 e. The van der Waals surface area contributed by atoms with Crippen LogP contribution in [0.3, 0.4) is 0 Å². The highest BCUT2D eigenvalue weighted by Crippen LogP contribution is 2.22. The molecular formula is C13H28N2O. The van der Waals surface area contributed by atoms with Gasteiger partial charge in [0, 0.05) is 37.8 Å². The Morgan fingerprint density at radius 3 is 2.75 bits per heavy atom. The second-order valence-corrected chi connectivity index (χ2v) is 5.19. The molecule has 0 aromatic heterocycles. The van der Waals surface area contributed by atoms with Crippen molar-refractivity contribution in [3.8, 4) is 0 Å². The molecule has 16 heavy (non-hydrogen) atoms. The molecule has 3 heteroatoms. The van der Waals surface area contributed by atoms with Crippen molar-refractivity contribution in [3.05, 3.63) is 0 Å². The van der Waals surface area contributed by atoms with Gasteiger partial charge in [-0.25, -0.2) is 0 Å². The zero-order valence-corrected chi connectivity index (χ0v) is 11.4. The van der Waals surface area contributed by atoms with E-state index in [-0.39, 0.29) is 0 Å². The van der Waals surface area contributed by atoms with Crippen molar-refractivity contribution < 1.29 is 4.74 Å².